The van der Waals surface area contributed by atoms with Crippen molar-refractivity contribution in [3.63, 3.8) is 0 Å². The highest BCUT2D eigenvalue weighted by Crippen LogP contribution is 2.29. The van der Waals surface area contributed by atoms with E-state index in [0.717, 1.165) is 11.8 Å². The van der Waals surface area contributed by atoms with Crippen LogP contribution in [0.15, 0.2) is 0 Å². The molecule has 0 aromatic rings. The van der Waals surface area contributed by atoms with Crippen LogP contribution in [0.3, 0.4) is 0 Å². The molecule has 1 N–H and O–H groups in total. The van der Waals surface area contributed by atoms with Crippen LogP contribution in [0.5, 0.6) is 0 Å². The molecule has 2 nitrogen and oxygen atoms in total. The maximum Gasteiger partial charge on any atom is 0.389 e. The van der Waals surface area contributed by atoms with E-state index >= 15 is 0 Å². The van der Waals surface area contributed by atoms with Gasteiger partial charge in [-0.15, -0.1) is 11.8 Å². The molecule has 0 saturated heterocycles. The topological polar surface area (TPSA) is 37.3 Å². The number of alkyl halides is 3. The first-order valence-corrected chi connectivity index (χ1v) is 4.58. The minimum atomic E-state index is -4.21. The lowest BCUT2D eigenvalue weighted by atomic mass is 10.2. The van der Waals surface area contributed by atoms with Crippen LogP contribution in [0.4, 0.5) is 13.2 Å². The highest BCUT2D eigenvalue weighted by molar-refractivity contribution is 8.01. The predicted octanol–water partition coefficient (Wildman–Crippen LogP) is 2.54. The smallest absolute Gasteiger partial charge is 0.389 e. The zero-order chi connectivity index (χ0) is 10.7. The fourth-order valence-electron chi connectivity index (χ4n) is 0.484. The molecule has 0 spiro atoms. The van der Waals surface area contributed by atoms with Gasteiger partial charge in [-0.1, -0.05) is 0 Å². The Morgan fingerprint density at radius 3 is 2.15 bits per heavy atom. The average Bonchev–Trinajstić information content (AvgIpc) is 1.82. The third-order valence-corrected chi connectivity index (χ3v) is 2.67. The third-order valence-electron chi connectivity index (χ3n) is 1.36. The second-order valence-corrected chi connectivity index (χ2v) is 4.75. The molecule has 0 aliphatic carbocycles. The summed E-state index contributed by atoms with van der Waals surface area (Å²) in [6.45, 7) is 2.77. The summed E-state index contributed by atoms with van der Waals surface area (Å²) in [5, 5.41) is 8.57. The summed E-state index contributed by atoms with van der Waals surface area (Å²) >= 11 is 0.794. The molecule has 0 atom stereocenters. The summed E-state index contributed by atoms with van der Waals surface area (Å²) in [7, 11) is 0. The largest absolute Gasteiger partial charge is 0.480 e. The van der Waals surface area contributed by atoms with Gasteiger partial charge in [-0.2, -0.15) is 13.2 Å². The second-order valence-electron chi connectivity index (χ2n) is 3.03. The molecule has 0 fully saturated rings. The molecule has 0 aliphatic heterocycles. The van der Waals surface area contributed by atoms with Gasteiger partial charge in [0.05, 0.1) is 6.42 Å². The van der Waals surface area contributed by atoms with Crippen molar-refractivity contribution in [2.24, 2.45) is 0 Å². The molecule has 0 radical (unpaired) electrons. The number of thioether (sulfide) groups is 1. The van der Waals surface area contributed by atoms with E-state index in [4.69, 9.17) is 5.11 Å². The van der Waals surface area contributed by atoms with E-state index in [1.165, 1.54) is 13.8 Å². The summed E-state index contributed by atoms with van der Waals surface area (Å²) in [6, 6.07) is 0. The molecule has 0 bridgehead atoms. The van der Waals surface area contributed by atoms with E-state index in [1.54, 1.807) is 0 Å². The molecule has 0 heterocycles. The normalized spacial score (nSPS) is 13.0. The monoisotopic (exact) mass is 216 g/mol. The van der Waals surface area contributed by atoms with Gasteiger partial charge in [0.25, 0.3) is 0 Å². The molecular weight excluding hydrogens is 205 g/mol. The summed E-state index contributed by atoms with van der Waals surface area (Å²) in [5.74, 6) is -1.32. The fourth-order valence-corrected chi connectivity index (χ4v) is 1.45. The molecule has 78 valence electrons. The standard InChI is InChI=1S/C7H11F3O2S/c1-6(2,5(11)12)13-4-3-7(8,9)10/h3-4H2,1-2H3,(H,11,12). The highest BCUT2D eigenvalue weighted by atomic mass is 32.2. The first-order chi connectivity index (χ1) is 5.65. The maximum absolute atomic E-state index is 11.7. The SMILES string of the molecule is CC(C)(SCCC(F)(F)F)C(=O)O. The quantitative estimate of drug-likeness (QED) is 0.784. The minimum absolute atomic E-state index is 0.219. The molecule has 6 heteroatoms. The first-order valence-electron chi connectivity index (χ1n) is 3.59. The van der Waals surface area contributed by atoms with E-state index in [-0.39, 0.29) is 5.75 Å². The van der Waals surface area contributed by atoms with Crippen LogP contribution in [0.2, 0.25) is 0 Å². The van der Waals surface area contributed by atoms with E-state index in [9.17, 15) is 18.0 Å². The summed E-state index contributed by atoms with van der Waals surface area (Å²) in [4.78, 5) is 10.5. The number of hydrogen-bond acceptors (Lipinski definition) is 2. The number of hydrogen-bond donors (Lipinski definition) is 1. The van der Waals surface area contributed by atoms with Gasteiger partial charge in [0.2, 0.25) is 0 Å². The van der Waals surface area contributed by atoms with Gasteiger partial charge in [-0.05, 0) is 13.8 Å². The Morgan fingerprint density at radius 1 is 1.38 bits per heavy atom. The summed E-state index contributed by atoms with van der Waals surface area (Å²) in [5.41, 5.74) is 0. The van der Waals surface area contributed by atoms with Crippen molar-refractivity contribution < 1.29 is 23.1 Å². The minimum Gasteiger partial charge on any atom is -0.480 e. The van der Waals surface area contributed by atoms with Crippen LogP contribution in [0.1, 0.15) is 20.3 Å². The summed E-state index contributed by atoms with van der Waals surface area (Å²) in [6.07, 6.45) is -5.16. The molecule has 0 aromatic carbocycles. The lowest BCUT2D eigenvalue weighted by molar-refractivity contribution is -0.139. The van der Waals surface area contributed by atoms with Crippen molar-refractivity contribution in [3.05, 3.63) is 0 Å². The number of carboxylic acids is 1. The van der Waals surface area contributed by atoms with E-state index in [1.807, 2.05) is 0 Å². The maximum atomic E-state index is 11.7. The molecular formula is C7H11F3O2S. The van der Waals surface area contributed by atoms with Crippen LogP contribution in [-0.2, 0) is 4.79 Å². The molecule has 0 aromatic heterocycles. The Bertz CT molecular complexity index is 189. The zero-order valence-electron chi connectivity index (χ0n) is 7.31. The van der Waals surface area contributed by atoms with Crippen LogP contribution in [-0.4, -0.2) is 27.8 Å². The van der Waals surface area contributed by atoms with Crippen LogP contribution < -0.4 is 0 Å². The van der Waals surface area contributed by atoms with Gasteiger partial charge in [0.15, 0.2) is 0 Å². The molecule has 0 unspecified atom stereocenters. The van der Waals surface area contributed by atoms with Crippen molar-refractivity contribution in [1.82, 2.24) is 0 Å². The van der Waals surface area contributed by atoms with E-state index < -0.39 is 23.3 Å². The number of aliphatic carboxylic acids is 1. The van der Waals surface area contributed by atoms with Crippen molar-refractivity contribution in [2.75, 3.05) is 5.75 Å². The van der Waals surface area contributed by atoms with E-state index in [2.05, 4.69) is 0 Å². The predicted molar refractivity (Wildman–Crippen MR) is 44.8 cm³/mol. The third kappa shape index (κ3) is 5.79. The van der Waals surface area contributed by atoms with Crippen molar-refractivity contribution in [1.29, 1.82) is 0 Å². The number of rotatable bonds is 4. The summed E-state index contributed by atoms with van der Waals surface area (Å²) < 4.78 is 33.9. The Hall–Kier alpha value is -0.390. The van der Waals surface area contributed by atoms with Crippen molar-refractivity contribution >= 4 is 17.7 Å². The van der Waals surface area contributed by atoms with Crippen molar-refractivity contribution in [3.8, 4) is 0 Å². The molecule has 0 aliphatic rings. The Morgan fingerprint density at radius 2 is 1.85 bits per heavy atom. The molecule has 0 amide bonds. The fraction of sp³-hybridized carbons (Fsp3) is 0.857. The zero-order valence-corrected chi connectivity index (χ0v) is 8.13. The van der Waals surface area contributed by atoms with Gasteiger partial charge >= 0.3 is 12.1 Å². The molecule has 0 rings (SSSR count). The van der Waals surface area contributed by atoms with Crippen LogP contribution >= 0.6 is 11.8 Å². The lowest BCUT2D eigenvalue weighted by Crippen LogP contribution is -2.28. The molecule has 0 saturated carbocycles. The van der Waals surface area contributed by atoms with Gasteiger partial charge in [-0.25, -0.2) is 0 Å². The van der Waals surface area contributed by atoms with Gasteiger partial charge in [0.1, 0.15) is 4.75 Å². The van der Waals surface area contributed by atoms with Gasteiger partial charge in [0, 0.05) is 5.75 Å². The van der Waals surface area contributed by atoms with Crippen LogP contribution in [0.25, 0.3) is 0 Å². The second kappa shape index (κ2) is 4.21. The highest BCUT2D eigenvalue weighted by Gasteiger charge is 2.31. The average molecular weight is 216 g/mol. The van der Waals surface area contributed by atoms with Gasteiger partial charge < -0.3 is 5.11 Å². The van der Waals surface area contributed by atoms with E-state index in [0.29, 0.717) is 0 Å². The lowest BCUT2D eigenvalue weighted by Gasteiger charge is -2.18. The Kier molecular flexibility index (Phi) is 4.09. The Balaban J connectivity index is 3.84. The Labute approximate surface area is 78.5 Å². The molecule has 13 heavy (non-hydrogen) atoms. The number of carbonyl (C=O) groups is 1. The van der Waals surface area contributed by atoms with Crippen LogP contribution in [0, 0.1) is 0 Å². The van der Waals surface area contributed by atoms with Gasteiger partial charge in [-0.3, -0.25) is 4.79 Å². The number of carboxylic acid groups (broad SMARTS) is 1. The van der Waals surface area contributed by atoms with Crippen molar-refractivity contribution in [2.45, 2.75) is 31.2 Å². The number of halogens is 3. The first kappa shape index (κ1) is 12.6.